The zero-order valence-electron chi connectivity index (χ0n) is 17.4. The first-order valence-electron chi connectivity index (χ1n) is 10.3. The molecule has 1 saturated heterocycles. The minimum atomic E-state index is -0.416. The number of amides is 2. The fraction of sp³-hybridized carbons (Fsp3) is 0.364. The number of hydrogen-bond donors (Lipinski definition) is 2. The largest absolute Gasteiger partial charge is 0.362 e. The predicted octanol–water partition coefficient (Wildman–Crippen LogP) is 4.50. The first-order valence-corrected chi connectivity index (χ1v) is 11.5. The summed E-state index contributed by atoms with van der Waals surface area (Å²) in [4.78, 5) is 34.7. The van der Waals surface area contributed by atoms with Crippen LogP contribution in [0.25, 0.3) is 5.57 Å². The first kappa shape index (κ1) is 22.8. The van der Waals surface area contributed by atoms with Crippen LogP contribution in [0.5, 0.6) is 0 Å². The molecule has 2 amide bonds. The highest BCUT2D eigenvalue weighted by atomic mass is 35.5. The van der Waals surface area contributed by atoms with Crippen molar-refractivity contribution in [1.29, 1.82) is 0 Å². The standard InChI is InChI=1S/C22H22Cl3N5O2/c1-12(15-3-2-14(23)10-16(15)24)27-21-17(25)11-26-20(29-21)13-6-8-30(9-7-13)22(32)18-4-5-19(31)28-18/h2-3,6,10-12,18H,4-5,7-9H2,1H3,(H,28,31)(H,26,27,29)/t12-,18-/m1/s1. The average Bonchev–Trinajstić information content (AvgIpc) is 3.21. The smallest absolute Gasteiger partial charge is 0.245 e. The molecule has 0 spiro atoms. The molecule has 2 N–H and O–H groups in total. The summed E-state index contributed by atoms with van der Waals surface area (Å²) in [5.74, 6) is 0.954. The van der Waals surface area contributed by atoms with Crippen LogP contribution in [0.1, 0.15) is 43.6 Å². The maximum atomic E-state index is 12.6. The van der Waals surface area contributed by atoms with Crippen LogP contribution in [0.15, 0.2) is 30.5 Å². The van der Waals surface area contributed by atoms with E-state index < -0.39 is 6.04 Å². The Morgan fingerprint density at radius 2 is 2.06 bits per heavy atom. The highest BCUT2D eigenvalue weighted by Gasteiger charge is 2.31. The molecule has 4 rings (SSSR count). The minimum absolute atomic E-state index is 0.0424. The van der Waals surface area contributed by atoms with Gasteiger partial charge in [0.05, 0.1) is 12.2 Å². The third-order valence-electron chi connectivity index (χ3n) is 5.63. The van der Waals surface area contributed by atoms with Crippen LogP contribution in [0, 0.1) is 0 Å². The quantitative estimate of drug-likeness (QED) is 0.639. The molecule has 0 bridgehead atoms. The minimum Gasteiger partial charge on any atom is -0.362 e. The number of carbonyl (C=O) groups excluding carboxylic acids is 2. The SMILES string of the molecule is C[C@@H](Nc1nc(C2=CCN(C(=O)[C@H]3CCC(=O)N3)CC2)ncc1Cl)c1ccc(Cl)cc1Cl. The Balaban J connectivity index is 1.46. The normalized spacial score (nSPS) is 19.4. The van der Waals surface area contributed by atoms with Gasteiger partial charge >= 0.3 is 0 Å². The molecule has 0 aliphatic carbocycles. The van der Waals surface area contributed by atoms with Crippen molar-refractivity contribution in [2.75, 3.05) is 18.4 Å². The van der Waals surface area contributed by atoms with E-state index >= 15 is 0 Å². The summed E-state index contributed by atoms with van der Waals surface area (Å²) in [6, 6.07) is 4.77. The van der Waals surface area contributed by atoms with Gasteiger partial charge in [0.15, 0.2) is 5.82 Å². The van der Waals surface area contributed by atoms with Gasteiger partial charge in [-0.1, -0.05) is 46.9 Å². The molecule has 1 aromatic heterocycles. The van der Waals surface area contributed by atoms with Crippen LogP contribution in [0.3, 0.4) is 0 Å². The molecule has 7 nitrogen and oxygen atoms in total. The van der Waals surface area contributed by atoms with Gasteiger partial charge in [0.2, 0.25) is 11.8 Å². The third-order valence-corrected chi connectivity index (χ3v) is 6.47. The molecule has 2 atom stereocenters. The van der Waals surface area contributed by atoms with Gasteiger partial charge < -0.3 is 15.5 Å². The number of benzene rings is 1. The molecule has 2 aliphatic heterocycles. The Kier molecular flexibility index (Phi) is 6.88. The Morgan fingerprint density at radius 3 is 2.72 bits per heavy atom. The first-order chi connectivity index (χ1) is 15.3. The van der Waals surface area contributed by atoms with Crippen molar-refractivity contribution in [1.82, 2.24) is 20.2 Å². The third kappa shape index (κ3) is 5.00. The fourth-order valence-electron chi connectivity index (χ4n) is 3.85. The van der Waals surface area contributed by atoms with Gasteiger partial charge in [0, 0.05) is 29.6 Å². The van der Waals surface area contributed by atoms with E-state index in [1.165, 1.54) is 0 Å². The van der Waals surface area contributed by atoms with E-state index in [9.17, 15) is 9.59 Å². The number of halogens is 3. The highest BCUT2D eigenvalue weighted by Crippen LogP contribution is 2.31. The number of nitrogens with zero attached hydrogens (tertiary/aromatic N) is 3. The van der Waals surface area contributed by atoms with Crippen molar-refractivity contribution in [3.05, 3.63) is 56.9 Å². The van der Waals surface area contributed by atoms with E-state index in [1.54, 1.807) is 23.2 Å². The maximum Gasteiger partial charge on any atom is 0.245 e. The van der Waals surface area contributed by atoms with Crippen LogP contribution in [-0.2, 0) is 9.59 Å². The molecule has 0 unspecified atom stereocenters. The van der Waals surface area contributed by atoms with Crippen LogP contribution < -0.4 is 10.6 Å². The van der Waals surface area contributed by atoms with Crippen molar-refractivity contribution >= 4 is 58.0 Å². The molecule has 10 heteroatoms. The summed E-state index contributed by atoms with van der Waals surface area (Å²) in [6.45, 7) is 2.95. The zero-order chi connectivity index (χ0) is 22.8. The lowest BCUT2D eigenvalue weighted by Gasteiger charge is -2.28. The van der Waals surface area contributed by atoms with Crippen molar-refractivity contribution in [2.24, 2.45) is 0 Å². The maximum absolute atomic E-state index is 12.6. The second-order valence-corrected chi connectivity index (χ2v) is 9.10. The monoisotopic (exact) mass is 493 g/mol. The number of hydrogen-bond acceptors (Lipinski definition) is 5. The summed E-state index contributed by atoms with van der Waals surface area (Å²) < 4.78 is 0. The fourth-order valence-corrected chi connectivity index (χ4v) is 4.57. The van der Waals surface area contributed by atoms with E-state index in [0.29, 0.717) is 59.1 Å². The van der Waals surface area contributed by atoms with Crippen LogP contribution in [0.2, 0.25) is 15.1 Å². The van der Waals surface area contributed by atoms with Crippen LogP contribution >= 0.6 is 34.8 Å². The lowest BCUT2D eigenvalue weighted by Crippen LogP contribution is -2.46. The van der Waals surface area contributed by atoms with Gasteiger partial charge in [0.25, 0.3) is 0 Å². The molecule has 2 aromatic rings. The lowest BCUT2D eigenvalue weighted by atomic mass is 10.1. The van der Waals surface area contributed by atoms with E-state index in [2.05, 4.69) is 20.6 Å². The number of aromatic nitrogens is 2. The van der Waals surface area contributed by atoms with E-state index in [1.807, 2.05) is 19.1 Å². The van der Waals surface area contributed by atoms with Gasteiger partial charge in [-0.2, -0.15) is 0 Å². The van der Waals surface area contributed by atoms with Crippen LogP contribution in [-0.4, -0.2) is 45.8 Å². The lowest BCUT2D eigenvalue weighted by molar-refractivity contribution is -0.134. The Labute approximate surface area is 201 Å². The van der Waals surface area contributed by atoms with E-state index in [0.717, 1.165) is 11.1 Å². The summed E-state index contributed by atoms with van der Waals surface area (Å²) in [5.41, 5.74) is 1.82. The van der Waals surface area contributed by atoms with Crippen molar-refractivity contribution < 1.29 is 9.59 Å². The van der Waals surface area contributed by atoms with Gasteiger partial charge in [-0.25, -0.2) is 9.97 Å². The van der Waals surface area contributed by atoms with Crippen molar-refractivity contribution in [2.45, 2.75) is 38.3 Å². The molecule has 168 valence electrons. The second-order valence-electron chi connectivity index (χ2n) is 7.84. The average molecular weight is 495 g/mol. The van der Waals surface area contributed by atoms with Crippen LogP contribution in [0.4, 0.5) is 5.82 Å². The Hall–Kier alpha value is -2.35. The van der Waals surface area contributed by atoms with Crippen molar-refractivity contribution in [3.63, 3.8) is 0 Å². The number of rotatable bonds is 5. The molecule has 0 radical (unpaired) electrons. The molecule has 1 aromatic carbocycles. The summed E-state index contributed by atoms with van der Waals surface area (Å²) in [5, 5.41) is 7.55. The summed E-state index contributed by atoms with van der Waals surface area (Å²) >= 11 is 18.6. The Morgan fingerprint density at radius 1 is 1.25 bits per heavy atom. The van der Waals surface area contributed by atoms with Gasteiger partial charge in [-0.3, -0.25) is 9.59 Å². The van der Waals surface area contributed by atoms with Crippen molar-refractivity contribution in [3.8, 4) is 0 Å². The predicted molar refractivity (Wildman–Crippen MR) is 126 cm³/mol. The topological polar surface area (TPSA) is 87.2 Å². The zero-order valence-corrected chi connectivity index (χ0v) is 19.6. The molecule has 32 heavy (non-hydrogen) atoms. The number of carbonyl (C=O) groups is 2. The van der Waals surface area contributed by atoms with E-state index in [-0.39, 0.29) is 17.9 Å². The van der Waals surface area contributed by atoms with Gasteiger partial charge in [0.1, 0.15) is 16.9 Å². The molecular formula is C22H22Cl3N5O2. The molecule has 3 heterocycles. The highest BCUT2D eigenvalue weighted by molar-refractivity contribution is 6.35. The summed E-state index contributed by atoms with van der Waals surface area (Å²) in [6.07, 6.45) is 5.08. The van der Waals surface area contributed by atoms with Gasteiger partial charge in [-0.15, -0.1) is 0 Å². The molecule has 1 fully saturated rings. The van der Waals surface area contributed by atoms with Gasteiger partial charge in [-0.05, 0) is 43.0 Å². The Bertz CT molecular complexity index is 1090. The molecular weight excluding hydrogens is 473 g/mol. The number of nitrogens with one attached hydrogen (secondary N) is 2. The molecule has 2 aliphatic rings. The number of anilines is 1. The second kappa shape index (κ2) is 9.65. The summed E-state index contributed by atoms with van der Waals surface area (Å²) in [7, 11) is 0. The molecule has 0 saturated carbocycles. The van der Waals surface area contributed by atoms with E-state index in [4.69, 9.17) is 34.8 Å².